The van der Waals surface area contributed by atoms with Gasteiger partial charge < -0.3 is 19.5 Å². The number of nitrogens with one attached hydrogen (secondary N) is 1. The molecule has 0 unspecified atom stereocenters. The van der Waals surface area contributed by atoms with Gasteiger partial charge in [-0.05, 0) is 49.4 Å². The number of hydrogen-bond donors (Lipinski definition) is 1. The Balaban J connectivity index is 1.66. The topological polar surface area (TPSA) is 73.9 Å². The second kappa shape index (κ2) is 8.78. The Bertz CT molecular complexity index is 842. The first-order chi connectivity index (χ1) is 13.5. The van der Waals surface area contributed by atoms with Crippen LogP contribution in [0.2, 0.25) is 0 Å². The van der Waals surface area contributed by atoms with E-state index in [-0.39, 0.29) is 17.5 Å². The second-order valence-electron chi connectivity index (χ2n) is 6.80. The number of ether oxygens (including phenoxy) is 3. The molecule has 1 aliphatic rings. The highest BCUT2D eigenvalue weighted by Gasteiger charge is 2.26. The lowest BCUT2D eigenvalue weighted by molar-refractivity contribution is -0.130. The molecule has 2 atom stereocenters. The summed E-state index contributed by atoms with van der Waals surface area (Å²) in [7, 11) is 3.00. The van der Waals surface area contributed by atoms with Crippen LogP contribution in [0, 0.1) is 0 Å². The Morgan fingerprint density at radius 2 is 1.75 bits per heavy atom. The fourth-order valence-corrected chi connectivity index (χ4v) is 3.40. The first-order valence-corrected chi connectivity index (χ1v) is 9.34. The van der Waals surface area contributed by atoms with Crippen LogP contribution in [0.1, 0.15) is 47.3 Å². The van der Waals surface area contributed by atoms with Gasteiger partial charge in [0.1, 0.15) is 11.5 Å². The van der Waals surface area contributed by atoms with Crippen LogP contribution in [0.4, 0.5) is 0 Å². The van der Waals surface area contributed by atoms with Gasteiger partial charge in [-0.2, -0.15) is 0 Å². The van der Waals surface area contributed by atoms with E-state index in [0.29, 0.717) is 11.5 Å². The zero-order valence-electron chi connectivity index (χ0n) is 16.4. The van der Waals surface area contributed by atoms with Crippen LogP contribution in [0.15, 0.2) is 42.5 Å². The van der Waals surface area contributed by atoms with Crippen molar-refractivity contribution in [2.24, 2.45) is 0 Å². The van der Waals surface area contributed by atoms with Crippen molar-refractivity contribution >= 4 is 11.9 Å². The van der Waals surface area contributed by atoms with Gasteiger partial charge in [0.05, 0.1) is 25.8 Å². The van der Waals surface area contributed by atoms with E-state index in [0.717, 1.165) is 24.8 Å². The number of methoxy groups -OCH3 is 2. The third kappa shape index (κ3) is 4.44. The molecule has 148 valence electrons. The molecule has 0 radical (unpaired) electrons. The van der Waals surface area contributed by atoms with Crippen LogP contribution < -0.4 is 14.8 Å². The lowest BCUT2D eigenvalue weighted by Crippen LogP contribution is -2.39. The van der Waals surface area contributed by atoms with Crippen molar-refractivity contribution in [2.75, 3.05) is 14.2 Å². The van der Waals surface area contributed by atoms with Crippen LogP contribution >= 0.6 is 0 Å². The Hall–Kier alpha value is -3.02. The number of rotatable bonds is 6. The van der Waals surface area contributed by atoms with Gasteiger partial charge in [0, 0.05) is 6.07 Å². The predicted octanol–water partition coefficient (Wildman–Crippen LogP) is 3.44. The maximum atomic E-state index is 12.6. The largest absolute Gasteiger partial charge is 0.497 e. The SMILES string of the molecule is COc1cc(OC)cc(C(=O)O[C@@H](C)C(=O)N[C@H]2CCCc3ccccc32)c1. The van der Waals surface area contributed by atoms with Crippen molar-refractivity contribution in [2.45, 2.75) is 38.3 Å². The minimum Gasteiger partial charge on any atom is -0.497 e. The van der Waals surface area contributed by atoms with Gasteiger partial charge >= 0.3 is 5.97 Å². The lowest BCUT2D eigenvalue weighted by Gasteiger charge is -2.27. The average molecular weight is 383 g/mol. The molecule has 1 aliphatic carbocycles. The number of esters is 1. The lowest BCUT2D eigenvalue weighted by atomic mass is 9.87. The molecule has 0 bridgehead atoms. The van der Waals surface area contributed by atoms with E-state index in [1.165, 1.54) is 19.8 Å². The number of amides is 1. The molecule has 0 fully saturated rings. The van der Waals surface area contributed by atoms with E-state index in [9.17, 15) is 9.59 Å². The zero-order valence-corrected chi connectivity index (χ0v) is 16.4. The van der Waals surface area contributed by atoms with E-state index in [1.54, 1.807) is 25.1 Å². The van der Waals surface area contributed by atoms with Crippen LogP contribution in [0.3, 0.4) is 0 Å². The molecule has 0 saturated heterocycles. The summed E-state index contributed by atoms with van der Waals surface area (Å²) < 4.78 is 15.7. The molecular formula is C22H25NO5. The summed E-state index contributed by atoms with van der Waals surface area (Å²) in [4.78, 5) is 25.1. The number of hydrogen-bond acceptors (Lipinski definition) is 5. The van der Waals surface area contributed by atoms with Gasteiger partial charge in [-0.1, -0.05) is 24.3 Å². The van der Waals surface area contributed by atoms with Gasteiger partial charge in [0.25, 0.3) is 5.91 Å². The highest BCUT2D eigenvalue weighted by Crippen LogP contribution is 2.29. The molecule has 0 aromatic heterocycles. The van der Waals surface area contributed by atoms with E-state index in [4.69, 9.17) is 14.2 Å². The number of carbonyl (C=O) groups is 2. The van der Waals surface area contributed by atoms with Crippen LogP contribution in [-0.4, -0.2) is 32.2 Å². The smallest absolute Gasteiger partial charge is 0.339 e. The molecule has 2 aromatic carbocycles. The minimum atomic E-state index is -0.918. The van der Waals surface area contributed by atoms with E-state index < -0.39 is 12.1 Å². The Morgan fingerprint density at radius 1 is 1.07 bits per heavy atom. The fourth-order valence-electron chi connectivity index (χ4n) is 3.40. The van der Waals surface area contributed by atoms with Gasteiger partial charge in [0.15, 0.2) is 6.10 Å². The van der Waals surface area contributed by atoms with Gasteiger partial charge in [0.2, 0.25) is 0 Å². The third-order valence-electron chi connectivity index (χ3n) is 4.93. The molecular weight excluding hydrogens is 358 g/mol. The van der Waals surface area contributed by atoms with Gasteiger partial charge in [-0.25, -0.2) is 4.79 Å². The average Bonchev–Trinajstić information content (AvgIpc) is 2.73. The molecule has 6 heteroatoms. The molecule has 1 N–H and O–H groups in total. The first kappa shape index (κ1) is 19.7. The summed E-state index contributed by atoms with van der Waals surface area (Å²) in [5, 5.41) is 3.01. The molecule has 0 aliphatic heterocycles. The summed E-state index contributed by atoms with van der Waals surface area (Å²) in [6, 6.07) is 12.8. The first-order valence-electron chi connectivity index (χ1n) is 9.34. The van der Waals surface area contributed by atoms with Crippen molar-refractivity contribution in [3.05, 3.63) is 59.2 Å². The highest BCUT2D eigenvalue weighted by atomic mass is 16.5. The Morgan fingerprint density at radius 3 is 2.43 bits per heavy atom. The molecule has 0 saturated carbocycles. The van der Waals surface area contributed by atoms with Crippen LogP contribution in [0.5, 0.6) is 11.5 Å². The van der Waals surface area contributed by atoms with E-state index in [2.05, 4.69) is 11.4 Å². The quantitative estimate of drug-likeness (QED) is 0.774. The third-order valence-corrected chi connectivity index (χ3v) is 4.93. The molecule has 1 amide bonds. The number of aryl methyl sites for hydroxylation is 1. The number of benzene rings is 2. The van der Waals surface area contributed by atoms with Crippen molar-refractivity contribution in [3.8, 4) is 11.5 Å². The monoisotopic (exact) mass is 383 g/mol. The van der Waals surface area contributed by atoms with Crippen molar-refractivity contribution in [1.82, 2.24) is 5.32 Å². The van der Waals surface area contributed by atoms with Crippen molar-refractivity contribution in [1.29, 1.82) is 0 Å². The number of carbonyl (C=O) groups excluding carboxylic acids is 2. The highest BCUT2D eigenvalue weighted by molar-refractivity contribution is 5.93. The van der Waals surface area contributed by atoms with Crippen molar-refractivity contribution < 1.29 is 23.8 Å². The summed E-state index contributed by atoms with van der Waals surface area (Å²) in [6.45, 7) is 1.57. The molecule has 3 rings (SSSR count). The van der Waals surface area contributed by atoms with Crippen molar-refractivity contribution in [3.63, 3.8) is 0 Å². The second-order valence-corrected chi connectivity index (χ2v) is 6.80. The van der Waals surface area contributed by atoms with Gasteiger partial charge in [-0.15, -0.1) is 0 Å². The predicted molar refractivity (Wildman–Crippen MR) is 105 cm³/mol. The summed E-state index contributed by atoms with van der Waals surface area (Å²) in [5.41, 5.74) is 2.66. The summed E-state index contributed by atoms with van der Waals surface area (Å²) >= 11 is 0. The molecule has 2 aromatic rings. The number of fused-ring (bicyclic) bond motifs is 1. The zero-order chi connectivity index (χ0) is 20.1. The Labute approximate surface area is 164 Å². The molecule has 6 nitrogen and oxygen atoms in total. The van der Waals surface area contributed by atoms with E-state index >= 15 is 0 Å². The molecule has 0 spiro atoms. The molecule has 28 heavy (non-hydrogen) atoms. The minimum absolute atomic E-state index is 0.0597. The normalized spacial score (nSPS) is 16.5. The van der Waals surface area contributed by atoms with Crippen LogP contribution in [0.25, 0.3) is 0 Å². The van der Waals surface area contributed by atoms with Crippen LogP contribution in [-0.2, 0) is 16.0 Å². The Kier molecular flexibility index (Phi) is 6.19. The maximum Gasteiger partial charge on any atom is 0.339 e. The fraction of sp³-hybridized carbons (Fsp3) is 0.364. The van der Waals surface area contributed by atoms with E-state index in [1.807, 2.05) is 18.2 Å². The maximum absolute atomic E-state index is 12.6. The molecule has 0 heterocycles. The standard InChI is InChI=1S/C22H25NO5/c1-14(28-22(25)16-11-17(26-2)13-18(12-16)27-3)21(24)23-20-10-6-8-15-7-4-5-9-19(15)20/h4-5,7,9,11-14,20H,6,8,10H2,1-3H3,(H,23,24)/t14-,20-/m0/s1. The summed E-state index contributed by atoms with van der Waals surface area (Å²) in [6.07, 6.45) is 1.99. The van der Waals surface area contributed by atoms with Gasteiger partial charge in [-0.3, -0.25) is 4.79 Å². The summed E-state index contributed by atoms with van der Waals surface area (Å²) in [5.74, 6) is 0.0262.